The zero-order valence-electron chi connectivity index (χ0n) is 14.4. The maximum Gasteiger partial charge on any atom is 0.303 e. The Morgan fingerprint density at radius 1 is 1.46 bits per heavy atom. The lowest BCUT2D eigenvalue weighted by Gasteiger charge is -2.44. The van der Waals surface area contributed by atoms with E-state index in [1.807, 2.05) is 0 Å². The predicted octanol–water partition coefficient (Wildman–Crippen LogP) is 0.732. The van der Waals surface area contributed by atoms with Crippen molar-refractivity contribution in [1.82, 2.24) is 0 Å². The van der Waals surface area contributed by atoms with Gasteiger partial charge in [0.15, 0.2) is 12.6 Å². The summed E-state index contributed by atoms with van der Waals surface area (Å²) in [5, 5.41) is 22.4. The molecule has 6 atom stereocenters. The molecule has 2 N–H and O–H groups in total. The van der Waals surface area contributed by atoms with Crippen LogP contribution in [0.3, 0.4) is 0 Å². The van der Waals surface area contributed by atoms with Gasteiger partial charge in [-0.1, -0.05) is 20.4 Å². The van der Waals surface area contributed by atoms with E-state index < -0.39 is 41.8 Å². The normalized spacial score (nSPS) is 44.0. The molecule has 3 aliphatic heterocycles. The minimum Gasteiger partial charge on any atom is -0.459 e. The summed E-state index contributed by atoms with van der Waals surface area (Å²) in [6, 6.07) is 0. The number of hydrogen-bond donors (Lipinski definition) is 2. The summed E-state index contributed by atoms with van der Waals surface area (Å²) in [4.78, 5) is 11.4. The second-order valence-corrected chi connectivity index (χ2v) is 7.42. The van der Waals surface area contributed by atoms with E-state index in [1.165, 1.54) is 6.92 Å². The standard InChI is InChI=1S/C17H26O7/c1-9(2)5-6-21-15-13-16(19)7-12(23-11(4)18)17(13,20)8-22-14(24-15)10(16)3/h9,12-15,19-20H,3,5-8H2,1-2,4H3/t12-,13-,14+,15+,16-,17-/m0/s1. The van der Waals surface area contributed by atoms with E-state index in [4.69, 9.17) is 18.9 Å². The molecule has 7 heteroatoms. The maximum absolute atomic E-state index is 11.4. The number of esters is 1. The van der Waals surface area contributed by atoms with Crippen molar-refractivity contribution in [1.29, 1.82) is 0 Å². The average molecular weight is 342 g/mol. The molecule has 24 heavy (non-hydrogen) atoms. The van der Waals surface area contributed by atoms with Crippen molar-refractivity contribution in [2.45, 2.75) is 63.5 Å². The predicted molar refractivity (Wildman–Crippen MR) is 82.7 cm³/mol. The van der Waals surface area contributed by atoms with E-state index in [1.54, 1.807) is 0 Å². The molecule has 0 spiro atoms. The number of aliphatic hydroxyl groups is 2. The quantitative estimate of drug-likeness (QED) is 0.562. The van der Waals surface area contributed by atoms with Crippen molar-refractivity contribution < 1.29 is 34.0 Å². The first-order chi connectivity index (χ1) is 11.2. The van der Waals surface area contributed by atoms with Crippen molar-refractivity contribution in [3.8, 4) is 0 Å². The second kappa shape index (κ2) is 6.07. The molecular formula is C17H26O7. The van der Waals surface area contributed by atoms with Crippen molar-refractivity contribution in [2.24, 2.45) is 11.8 Å². The Labute approximate surface area is 141 Å². The summed E-state index contributed by atoms with van der Waals surface area (Å²) in [5.41, 5.74) is -2.71. The van der Waals surface area contributed by atoms with Crippen LogP contribution in [0.15, 0.2) is 12.2 Å². The van der Waals surface area contributed by atoms with Crippen LogP contribution in [-0.4, -0.2) is 59.3 Å². The lowest BCUT2D eigenvalue weighted by Crippen LogP contribution is -2.58. The van der Waals surface area contributed by atoms with Gasteiger partial charge in [-0.25, -0.2) is 0 Å². The number of carbonyl (C=O) groups is 1. The molecular weight excluding hydrogens is 316 g/mol. The summed E-state index contributed by atoms with van der Waals surface area (Å²) in [6.07, 6.45) is -1.72. The first kappa shape index (κ1) is 17.8. The smallest absolute Gasteiger partial charge is 0.303 e. The molecule has 1 saturated carbocycles. The van der Waals surface area contributed by atoms with Gasteiger partial charge in [0, 0.05) is 25.5 Å². The molecule has 4 bridgehead atoms. The van der Waals surface area contributed by atoms with E-state index in [0.717, 1.165) is 6.42 Å². The summed E-state index contributed by atoms with van der Waals surface area (Å²) < 4.78 is 22.4. The van der Waals surface area contributed by atoms with Crippen molar-refractivity contribution in [3.05, 3.63) is 12.2 Å². The molecule has 7 nitrogen and oxygen atoms in total. The van der Waals surface area contributed by atoms with E-state index in [2.05, 4.69) is 20.4 Å². The van der Waals surface area contributed by atoms with Gasteiger partial charge in [0.1, 0.15) is 17.3 Å². The molecule has 4 aliphatic rings. The maximum atomic E-state index is 11.4. The molecule has 0 radical (unpaired) electrons. The number of fused-ring (bicyclic) bond motifs is 2. The third-order valence-corrected chi connectivity index (χ3v) is 5.23. The SMILES string of the molecule is C=C1[C@@H]2OC[C@]3(O)[C@@H](OC(C)=O)C[C@@]1(O)[C@@H]3[C@H](OCCC(C)C)O2. The zero-order chi connectivity index (χ0) is 17.7. The second-order valence-electron chi connectivity index (χ2n) is 7.42. The third kappa shape index (κ3) is 2.68. The summed E-state index contributed by atoms with van der Waals surface area (Å²) >= 11 is 0. The molecule has 4 rings (SSSR count). The highest BCUT2D eigenvalue weighted by atomic mass is 16.8. The van der Waals surface area contributed by atoms with Crippen molar-refractivity contribution >= 4 is 5.97 Å². The Balaban J connectivity index is 1.89. The molecule has 0 amide bonds. The van der Waals surface area contributed by atoms with Crippen LogP contribution in [0, 0.1) is 11.8 Å². The Hall–Kier alpha value is -0.990. The van der Waals surface area contributed by atoms with Crippen LogP contribution in [0.4, 0.5) is 0 Å². The topological polar surface area (TPSA) is 94.5 Å². The molecule has 3 heterocycles. The molecule has 136 valence electrons. The Kier molecular flexibility index (Phi) is 4.51. The monoisotopic (exact) mass is 342 g/mol. The first-order valence-corrected chi connectivity index (χ1v) is 8.38. The number of carbonyl (C=O) groups excluding carboxylic acids is 1. The molecule has 4 fully saturated rings. The van der Waals surface area contributed by atoms with Crippen LogP contribution in [0.5, 0.6) is 0 Å². The van der Waals surface area contributed by atoms with Crippen LogP contribution >= 0.6 is 0 Å². The lowest BCUT2D eigenvalue weighted by atomic mass is 9.77. The van der Waals surface area contributed by atoms with Gasteiger partial charge in [0.05, 0.1) is 12.5 Å². The van der Waals surface area contributed by atoms with Crippen molar-refractivity contribution in [3.63, 3.8) is 0 Å². The number of rotatable bonds is 5. The third-order valence-electron chi connectivity index (χ3n) is 5.23. The molecule has 0 aromatic carbocycles. The minimum atomic E-state index is -1.59. The fourth-order valence-corrected chi connectivity index (χ4v) is 3.91. The number of hydrogen-bond acceptors (Lipinski definition) is 7. The molecule has 0 unspecified atom stereocenters. The highest BCUT2D eigenvalue weighted by Gasteiger charge is 2.72. The lowest BCUT2D eigenvalue weighted by molar-refractivity contribution is -0.281. The largest absolute Gasteiger partial charge is 0.459 e. The Bertz CT molecular complexity index is 533. The highest BCUT2D eigenvalue weighted by Crippen LogP contribution is 2.56. The van der Waals surface area contributed by atoms with Crippen LogP contribution in [0.1, 0.15) is 33.6 Å². The van der Waals surface area contributed by atoms with Gasteiger partial charge in [0.25, 0.3) is 0 Å². The molecule has 3 saturated heterocycles. The minimum absolute atomic E-state index is 0.0554. The van der Waals surface area contributed by atoms with Gasteiger partial charge in [-0.3, -0.25) is 4.79 Å². The number of ether oxygens (including phenoxy) is 4. The van der Waals surface area contributed by atoms with Crippen LogP contribution in [0.25, 0.3) is 0 Å². The van der Waals surface area contributed by atoms with Crippen LogP contribution in [0.2, 0.25) is 0 Å². The fraction of sp³-hybridized carbons (Fsp3) is 0.824. The van der Waals surface area contributed by atoms with Crippen LogP contribution in [-0.2, 0) is 23.7 Å². The summed E-state index contributed by atoms with van der Waals surface area (Å²) in [5.74, 6) is -0.898. The average Bonchev–Trinajstić information content (AvgIpc) is 2.57. The van der Waals surface area contributed by atoms with Gasteiger partial charge in [-0.15, -0.1) is 0 Å². The van der Waals surface area contributed by atoms with Crippen molar-refractivity contribution in [2.75, 3.05) is 13.2 Å². The van der Waals surface area contributed by atoms with E-state index in [-0.39, 0.29) is 13.0 Å². The van der Waals surface area contributed by atoms with E-state index >= 15 is 0 Å². The van der Waals surface area contributed by atoms with Gasteiger partial charge < -0.3 is 29.2 Å². The summed E-state index contributed by atoms with van der Waals surface area (Å²) in [7, 11) is 0. The molecule has 0 aromatic rings. The zero-order valence-corrected chi connectivity index (χ0v) is 14.4. The van der Waals surface area contributed by atoms with Gasteiger partial charge in [0.2, 0.25) is 0 Å². The molecule has 0 aromatic heterocycles. The van der Waals surface area contributed by atoms with Gasteiger partial charge >= 0.3 is 5.97 Å². The first-order valence-electron chi connectivity index (χ1n) is 8.38. The molecule has 1 aliphatic carbocycles. The summed E-state index contributed by atoms with van der Waals surface area (Å²) in [6.45, 7) is 9.63. The van der Waals surface area contributed by atoms with Crippen LogP contribution < -0.4 is 0 Å². The fourth-order valence-electron chi connectivity index (χ4n) is 3.91. The van der Waals surface area contributed by atoms with Gasteiger partial charge in [-0.2, -0.15) is 0 Å². The Morgan fingerprint density at radius 3 is 2.79 bits per heavy atom. The van der Waals surface area contributed by atoms with Gasteiger partial charge in [-0.05, 0) is 12.3 Å². The Morgan fingerprint density at radius 2 is 2.17 bits per heavy atom. The van der Waals surface area contributed by atoms with E-state index in [0.29, 0.717) is 18.1 Å². The highest BCUT2D eigenvalue weighted by molar-refractivity contribution is 5.66. The van der Waals surface area contributed by atoms with E-state index in [9.17, 15) is 15.0 Å².